The van der Waals surface area contributed by atoms with E-state index in [1.807, 2.05) is 13.8 Å². The Bertz CT molecular complexity index is 427. The van der Waals surface area contributed by atoms with Crippen molar-refractivity contribution in [2.45, 2.75) is 33.6 Å². The Labute approximate surface area is 108 Å². The van der Waals surface area contributed by atoms with Crippen molar-refractivity contribution in [1.29, 1.82) is 5.26 Å². The van der Waals surface area contributed by atoms with Crippen molar-refractivity contribution >= 4 is 0 Å². The van der Waals surface area contributed by atoms with E-state index in [1.165, 1.54) is 0 Å². The van der Waals surface area contributed by atoms with Gasteiger partial charge in [-0.05, 0) is 25.8 Å². The quantitative estimate of drug-likeness (QED) is 0.693. The van der Waals surface area contributed by atoms with Crippen LogP contribution >= 0.6 is 0 Å². The average molecular weight is 249 g/mol. The van der Waals surface area contributed by atoms with Crippen molar-refractivity contribution < 1.29 is 9.47 Å². The van der Waals surface area contributed by atoms with Gasteiger partial charge < -0.3 is 9.47 Å². The standard InChI is InChI=1S/C13H19N3O2/c1-4-5-6-17-7-8-18-13-12(9-14)10(2)11(3)15-16-13/h4-8H2,1-3H3. The van der Waals surface area contributed by atoms with Crippen LogP contribution in [0.15, 0.2) is 0 Å². The second kappa shape index (κ2) is 7.62. The molecule has 1 heterocycles. The molecule has 5 heteroatoms. The van der Waals surface area contributed by atoms with Gasteiger partial charge in [-0.15, -0.1) is 5.10 Å². The van der Waals surface area contributed by atoms with E-state index in [1.54, 1.807) is 0 Å². The summed E-state index contributed by atoms with van der Waals surface area (Å²) in [5.74, 6) is 0.291. The topological polar surface area (TPSA) is 68.0 Å². The molecule has 0 saturated heterocycles. The molecule has 0 atom stereocenters. The molecule has 0 N–H and O–H groups in total. The molecule has 18 heavy (non-hydrogen) atoms. The van der Waals surface area contributed by atoms with Crippen LogP contribution in [-0.2, 0) is 4.74 Å². The Morgan fingerprint density at radius 2 is 1.94 bits per heavy atom. The van der Waals surface area contributed by atoms with Crippen LogP contribution in [0.25, 0.3) is 0 Å². The van der Waals surface area contributed by atoms with Crippen LogP contribution in [0.4, 0.5) is 0 Å². The zero-order valence-electron chi connectivity index (χ0n) is 11.2. The second-order valence-electron chi connectivity index (χ2n) is 4.02. The summed E-state index contributed by atoms with van der Waals surface area (Å²) in [4.78, 5) is 0. The number of unbranched alkanes of at least 4 members (excludes halogenated alkanes) is 1. The third kappa shape index (κ3) is 3.97. The number of rotatable bonds is 7. The highest BCUT2D eigenvalue weighted by molar-refractivity contribution is 5.44. The Morgan fingerprint density at radius 1 is 1.17 bits per heavy atom. The molecule has 0 saturated carbocycles. The predicted molar refractivity (Wildman–Crippen MR) is 67.4 cm³/mol. The first-order valence-electron chi connectivity index (χ1n) is 6.15. The number of aromatic nitrogens is 2. The third-order valence-corrected chi connectivity index (χ3v) is 2.64. The number of nitriles is 1. The third-order valence-electron chi connectivity index (χ3n) is 2.64. The zero-order chi connectivity index (χ0) is 13.4. The lowest BCUT2D eigenvalue weighted by Gasteiger charge is -2.09. The van der Waals surface area contributed by atoms with Crippen molar-refractivity contribution in [3.8, 4) is 11.9 Å². The van der Waals surface area contributed by atoms with E-state index in [0.29, 0.717) is 24.7 Å². The van der Waals surface area contributed by atoms with Crippen LogP contribution in [0.3, 0.4) is 0 Å². The van der Waals surface area contributed by atoms with Crippen LogP contribution in [0, 0.1) is 25.2 Å². The summed E-state index contributed by atoms with van der Waals surface area (Å²) in [6.07, 6.45) is 2.16. The Kier molecular flexibility index (Phi) is 6.09. The minimum Gasteiger partial charge on any atom is -0.473 e. The monoisotopic (exact) mass is 249 g/mol. The molecule has 0 spiro atoms. The first-order valence-corrected chi connectivity index (χ1v) is 6.15. The van der Waals surface area contributed by atoms with Crippen LogP contribution in [-0.4, -0.2) is 30.0 Å². The molecular weight excluding hydrogens is 230 g/mol. The van der Waals surface area contributed by atoms with E-state index < -0.39 is 0 Å². The minimum atomic E-state index is 0.291. The maximum absolute atomic E-state index is 9.07. The van der Waals surface area contributed by atoms with Gasteiger partial charge in [0.25, 0.3) is 5.88 Å². The van der Waals surface area contributed by atoms with Crippen molar-refractivity contribution in [2.24, 2.45) is 0 Å². The van der Waals surface area contributed by atoms with Crippen molar-refractivity contribution in [3.05, 3.63) is 16.8 Å². The highest BCUT2D eigenvalue weighted by Crippen LogP contribution is 2.18. The van der Waals surface area contributed by atoms with Crippen LogP contribution in [0.5, 0.6) is 5.88 Å². The molecule has 0 bridgehead atoms. The Morgan fingerprint density at radius 3 is 2.61 bits per heavy atom. The Hall–Kier alpha value is -1.67. The molecule has 0 amide bonds. The van der Waals surface area contributed by atoms with Gasteiger partial charge in [-0.25, -0.2) is 0 Å². The lowest BCUT2D eigenvalue weighted by molar-refractivity contribution is 0.0960. The first-order chi connectivity index (χ1) is 8.70. The molecule has 0 radical (unpaired) electrons. The molecule has 98 valence electrons. The van der Waals surface area contributed by atoms with Gasteiger partial charge in [0.15, 0.2) is 0 Å². The normalized spacial score (nSPS) is 10.1. The van der Waals surface area contributed by atoms with E-state index in [9.17, 15) is 0 Å². The highest BCUT2D eigenvalue weighted by Gasteiger charge is 2.11. The maximum atomic E-state index is 9.07. The SMILES string of the molecule is CCCCOCCOc1nnc(C)c(C)c1C#N. The molecule has 0 unspecified atom stereocenters. The first kappa shape index (κ1) is 14.4. The summed E-state index contributed by atoms with van der Waals surface area (Å²) < 4.78 is 10.8. The van der Waals surface area contributed by atoms with Gasteiger partial charge in [0.1, 0.15) is 18.2 Å². The maximum Gasteiger partial charge on any atom is 0.251 e. The molecule has 0 fully saturated rings. The van der Waals surface area contributed by atoms with Crippen molar-refractivity contribution in [1.82, 2.24) is 10.2 Å². The average Bonchev–Trinajstić information content (AvgIpc) is 2.38. The summed E-state index contributed by atoms with van der Waals surface area (Å²) in [5.41, 5.74) is 2.02. The highest BCUT2D eigenvalue weighted by atomic mass is 16.5. The summed E-state index contributed by atoms with van der Waals surface area (Å²) >= 11 is 0. The second-order valence-corrected chi connectivity index (χ2v) is 4.02. The molecule has 1 aromatic heterocycles. The lowest BCUT2D eigenvalue weighted by atomic mass is 10.1. The molecule has 0 aliphatic rings. The molecule has 5 nitrogen and oxygen atoms in total. The number of nitrogens with zero attached hydrogens (tertiary/aromatic N) is 3. The molecule has 0 aliphatic heterocycles. The number of ether oxygens (including phenoxy) is 2. The van der Waals surface area contributed by atoms with Crippen LogP contribution in [0.2, 0.25) is 0 Å². The van der Waals surface area contributed by atoms with Crippen LogP contribution in [0.1, 0.15) is 36.6 Å². The van der Waals surface area contributed by atoms with Gasteiger partial charge in [0.05, 0.1) is 12.3 Å². The van der Waals surface area contributed by atoms with E-state index in [2.05, 4.69) is 23.2 Å². The predicted octanol–water partition coefficient (Wildman–Crippen LogP) is 2.16. The van der Waals surface area contributed by atoms with Gasteiger partial charge in [-0.2, -0.15) is 10.4 Å². The number of hydrogen-bond acceptors (Lipinski definition) is 5. The summed E-state index contributed by atoms with van der Waals surface area (Å²) in [5, 5.41) is 16.9. The van der Waals surface area contributed by atoms with E-state index >= 15 is 0 Å². The van der Waals surface area contributed by atoms with Crippen LogP contribution < -0.4 is 4.74 Å². The molecule has 1 rings (SSSR count). The lowest BCUT2D eigenvalue weighted by Crippen LogP contribution is -2.10. The molecular formula is C13H19N3O2. The fourth-order valence-corrected chi connectivity index (χ4v) is 1.37. The minimum absolute atomic E-state index is 0.291. The van der Waals surface area contributed by atoms with Crippen molar-refractivity contribution in [2.75, 3.05) is 19.8 Å². The van der Waals surface area contributed by atoms with Crippen molar-refractivity contribution in [3.63, 3.8) is 0 Å². The largest absolute Gasteiger partial charge is 0.473 e. The van der Waals surface area contributed by atoms with Gasteiger partial charge in [-0.3, -0.25) is 0 Å². The van der Waals surface area contributed by atoms with E-state index in [0.717, 1.165) is 30.7 Å². The summed E-state index contributed by atoms with van der Waals surface area (Å²) in [6, 6.07) is 2.10. The number of aryl methyl sites for hydroxylation is 1. The fraction of sp³-hybridized carbons (Fsp3) is 0.615. The van der Waals surface area contributed by atoms with Gasteiger partial charge >= 0.3 is 0 Å². The molecule has 1 aromatic rings. The van der Waals surface area contributed by atoms with E-state index in [-0.39, 0.29) is 0 Å². The van der Waals surface area contributed by atoms with E-state index in [4.69, 9.17) is 14.7 Å². The van der Waals surface area contributed by atoms with Gasteiger partial charge in [-0.1, -0.05) is 13.3 Å². The fourth-order valence-electron chi connectivity index (χ4n) is 1.37. The zero-order valence-corrected chi connectivity index (χ0v) is 11.2. The molecule has 0 aliphatic carbocycles. The number of hydrogen-bond donors (Lipinski definition) is 0. The summed E-state index contributed by atoms with van der Waals surface area (Å²) in [6.45, 7) is 7.40. The van der Waals surface area contributed by atoms with Gasteiger partial charge in [0, 0.05) is 6.61 Å². The smallest absolute Gasteiger partial charge is 0.251 e. The Balaban J connectivity index is 2.48. The molecule has 0 aromatic carbocycles. The van der Waals surface area contributed by atoms with Gasteiger partial charge in [0.2, 0.25) is 0 Å². The summed E-state index contributed by atoms with van der Waals surface area (Å²) in [7, 11) is 0.